The second kappa shape index (κ2) is 16.0. The molecule has 0 amide bonds. The molecular weight excluding hydrogens is 711 g/mol. The maximum Gasteiger partial charge on any atom is 0.0540 e. The lowest BCUT2D eigenvalue weighted by molar-refractivity contribution is 1.28. The molecule has 10 aromatic carbocycles. The Labute approximate surface area is 346 Å². The first kappa shape index (κ1) is 35.7. The van der Waals surface area contributed by atoms with E-state index in [0.717, 1.165) is 22.6 Å². The van der Waals surface area contributed by atoms with Gasteiger partial charge >= 0.3 is 0 Å². The number of nitrogens with zero attached hydrogens (tertiary/aromatic N) is 1. The molecule has 0 aliphatic rings. The van der Waals surface area contributed by atoms with Gasteiger partial charge in [-0.05, 0) is 102 Å². The largest absolute Gasteiger partial charge is 0.310 e. The van der Waals surface area contributed by atoms with E-state index in [1.807, 2.05) is 0 Å². The SMILES string of the molecule is c1ccc(-c2ccc(N(c3ccc(-c4cccc5ccccc45)cc3)c3ccccc3-c3cccc(-c4ccccc4)c3-c3ccccc3-c3ccccc3)cc2)cc1. The van der Waals surface area contributed by atoms with Gasteiger partial charge in [-0.15, -0.1) is 0 Å². The normalized spacial score (nSPS) is 11.1. The zero-order valence-electron chi connectivity index (χ0n) is 32.6. The summed E-state index contributed by atoms with van der Waals surface area (Å²) in [6.45, 7) is 0. The van der Waals surface area contributed by atoms with Crippen molar-refractivity contribution in [3.05, 3.63) is 249 Å². The third-order valence-electron chi connectivity index (χ3n) is 11.3. The van der Waals surface area contributed by atoms with Crippen LogP contribution in [0.5, 0.6) is 0 Å². The lowest BCUT2D eigenvalue weighted by atomic mass is 9.84. The first-order valence-electron chi connectivity index (χ1n) is 20.3. The van der Waals surface area contributed by atoms with E-state index in [0.29, 0.717) is 0 Å². The Balaban J connectivity index is 1.18. The number of benzene rings is 10. The summed E-state index contributed by atoms with van der Waals surface area (Å²) >= 11 is 0. The van der Waals surface area contributed by atoms with Crippen molar-refractivity contribution < 1.29 is 0 Å². The van der Waals surface area contributed by atoms with Crippen molar-refractivity contribution in [3.63, 3.8) is 0 Å². The number of anilines is 3. The molecule has 10 aromatic rings. The third-order valence-corrected chi connectivity index (χ3v) is 11.3. The van der Waals surface area contributed by atoms with Gasteiger partial charge in [-0.2, -0.15) is 0 Å². The molecule has 0 aliphatic carbocycles. The highest BCUT2D eigenvalue weighted by Crippen LogP contribution is 2.48. The molecule has 1 heteroatoms. The van der Waals surface area contributed by atoms with Crippen LogP contribution in [-0.4, -0.2) is 0 Å². The summed E-state index contributed by atoms with van der Waals surface area (Å²) in [6, 6.07) is 89.9. The van der Waals surface area contributed by atoms with Crippen molar-refractivity contribution in [3.8, 4) is 66.8 Å². The summed E-state index contributed by atoms with van der Waals surface area (Å²) in [5.41, 5.74) is 17.6. The summed E-state index contributed by atoms with van der Waals surface area (Å²) in [5.74, 6) is 0. The van der Waals surface area contributed by atoms with Gasteiger partial charge in [0.25, 0.3) is 0 Å². The van der Waals surface area contributed by atoms with E-state index in [4.69, 9.17) is 0 Å². The smallest absolute Gasteiger partial charge is 0.0540 e. The standard InChI is InChI=1S/C58H41N/c1-4-18-42(19-5-1)43-34-38-48(39-35-43)59(49-40-36-47(37-41-49)51-30-16-25-45-24-10-11-26-50(45)51)57-33-15-14-28-54(57)56-32-17-31-53(46-22-8-3-9-23-46)58(56)55-29-13-12-27-52(55)44-20-6-2-7-21-44/h1-41H. The second-order valence-electron chi connectivity index (χ2n) is 14.8. The maximum atomic E-state index is 2.42. The number of para-hydroxylation sites is 1. The minimum atomic E-state index is 1.08. The molecule has 0 aliphatic heterocycles. The molecule has 0 bridgehead atoms. The van der Waals surface area contributed by atoms with E-state index in [2.05, 4.69) is 254 Å². The molecule has 0 N–H and O–H groups in total. The van der Waals surface area contributed by atoms with Gasteiger partial charge in [0.2, 0.25) is 0 Å². The van der Waals surface area contributed by atoms with Gasteiger partial charge in [-0.1, -0.05) is 218 Å². The van der Waals surface area contributed by atoms with Crippen LogP contribution in [0, 0.1) is 0 Å². The molecule has 1 nitrogen and oxygen atoms in total. The highest BCUT2D eigenvalue weighted by Gasteiger charge is 2.23. The fourth-order valence-electron chi connectivity index (χ4n) is 8.52. The first-order valence-corrected chi connectivity index (χ1v) is 20.3. The van der Waals surface area contributed by atoms with Crippen LogP contribution in [0.15, 0.2) is 249 Å². The number of hydrogen-bond acceptors (Lipinski definition) is 1. The fraction of sp³-hybridized carbons (Fsp3) is 0. The zero-order valence-corrected chi connectivity index (χ0v) is 32.6. The van der Waals surface area contributed by atoms with Crippen molar-refractivity contribution in [2.24, 2.45) is 0 Å². The Bertz CT molecular complexity index is 3000. The molecule has 0 heterocycles. The van der Waals surface area contributed by atoms with Crippen LogP contribution in [0.4, 0.5) is 17.1 Å². The number of fused-ring (bicyclic) bond motifs is 1. The van der Waals surface area contributed by atoms with E-state index in [9.17, 15) is 0 Å². The summed E-state index contributed by atoms with van der Waals surface area (Å²) in [6.07, 6.45) is 0. The molecule has 0 fully saturated rings. The second-order valence-corrected chi connectivity index (χ2v) is 14.8. The number of hydrogen-bond donors (Lipinski definition) is 0. The van der Waals surface area contributed by atoms with Crippen molar-refractivity contribution in [1.82, 2.24) is 0 Å². The Morgan fingerprint density at radius 1 is 0.220 bits per heavy atom. The van der Waals surface area contributed by atoms with Gasteiger partial charge in [0.05, 0.1) is 5.69 Å². The predicted octanol–water partition coefficient (Wildman–Crippen LogP) is 16.3. The molecule has 0 unspecified atom stereocenters. The summed E-state index contributed by atoms with van der Waals surface area (Å²) in [7, 11) is 0. The van der Waals surface area contributed by atoms with Crippen LogP contribution in [0.25, 0.3) is 77.5 Å². The Morgan fingerprint density at radius 2 is 0.627 bits per heavy atom. The molecule has 0 aromatic heterocycles. The van der Waals surface area contributed by atoms with Gasteiger partial charge in [0.1, 0.15) is 0 Å². The summed E-state index contributed by atoms with van der Waals surface area (Å²) < 4.78 is 0. The predicted molar refractivity (Wildman–Crippen MR) is 251 cm³/mol. The Morgan fingerprint density at radius 3 is 1.31 bits per heavy atom. The molecule has 10 rings (SSSR count). The minimum absolute atomic E-state index is 1.08. The first-order chi connectivity index (χ1) is 29.3. The van der Waals surface area contributed by atoms with Crippen LogP contribution in [0.3, 0.4) is 0 Å². The van der Waals surface area contributed by atoms with Crippen LogP contribution in [-0.2, 0) is 0 Å². The maximum absolute atomic E-state index is 2.42. The van der Waals surface area contributed by atoms with E-state index >= 15 is 0 Å². The molecular formula is C58H41N. The summed E-state index contributed by atoms with van der Waals surface area (Å²) in [5, 5.41) is 2.49. The van der Waals surface area contributed by atoms with E-state index in [1.165, 1.54) is 72.0 Å². The van der Waals surface area contributed by atoms with Crippen LogP contribution >= 0.6 is 0 Å². The average Bonchev–Trinajstić information content (AvgIpc) is 3.33. The molecule has 59 heavy (non-hydrogen) atoms. The molecule has 278 valence electrons. The van der Waals surface area contributed by atoms with Gasteiger partial charge in [0.15, 0.2) is 0 Å². The van der Waals surface area contributed by atoms with Crippen molar-refractivity contribution in [2.75, 3.05) is 4.90 Å². The van der Waals surface area contributed by atoms with Crippen molar-refractivity contribution >= 4 is 27.8 Å². The van der Waals surface area contributed by atoms with Gasteiger partial charge in [0, 0.05) is 16.9 Å². The topological polar surface area (TPSA) is 3.24 Å². The lowest BCUT2D eigenvalue weighted by Gasteiger charge is -2.29. The average molecular weight is 752 g/mol. The van der Waals surface area contributed by atoms with Crippen molar-refractivity contribution in [1.29, 1.82) is 0 Å². The van der Waals surface area contributed by atoms with Gasteiger partial charge < -0.3 is 4.90 Å². The Kier molecular flexibility index (Phi) is 9.68. The Hall–Kier alpha value is -7.74. The molecule has 0 atom stereocenters. The third kappa shape index (κ3) is 7.01. The van der Waals surface area contributed by atoms with E-state index in [1.54, 1.807) is 0 Å². The quantitative estimate of drug-likeness (QED) is 0.142. The number of rotatable bonds is 9. The van der Waals surface area contributed by atoms with E-state index < -0.39 is 0 Å². The van der Waals surface area contributed by atoms with Gasteiger partial charge in [-0.25, -0.2) is 0 Å². The zero-order chi connectivity index (χ0) is 39.4. The van der Waals surface area contributed by atoms with Gasteiger partial charge in [-0.3, -0.25) is 0 Å². The van der Waals surface area contributed by atoms with E-state index in [-0.39, 0.29) is 0 Å². The minimum Gasteiger partial charge on any atom is -0.310 e. The highest BCUT2D eigenvalue weighted by atomic mass is 15.1. The lowest BCUT2D eigenvalue weighted by Crippen LogP contribution is -2.11. The molecule has 0 saturated carbocycles. The molecule has 0 radical (unpaired) electrons. The monoisotopic (exact) mass is 751 g/mol. The summed E-state index contributed by atoms with van der Waals surface area (Å²) in [4.78, 5) is 2.42. The van der Waals surface area contributed by atoms with Crippen LogP contribution < -0.4 is 4.90 Å². The van der Waals surface area contributed by atoms with Crippen molar-refractivity contribution in [2.45, 2.75) is 0 Å². The van der Waals surface area contributed by atoms with Crippen LogP contribution in [0.1, 0.15) is 0 Å². The highest BCUT2D eigenvalue weighted by molar-refractivity contribution is 6.03. The van der Waals surface area contributed by atoms with Crippen LogP contribution in [0.2, 0.25) is 0 Å². The molecule has 0 saturated heterocycles. The molecule has 0 spiro atoms. The fourth-order valence-corrected chi connectivity index (χ4v) is 8.52.